The maximum atomic E-state index is 6.07. The second kappa shape index (κ2) is 5.71. The number of thiazole rings is 1. The van der Waals surface area contributed by atoms with Crippen LogP contribution in [0.4, 0.5) is 0 Å². The number of hydrogen-bond donors (Lipinski definition) is 1. The van der Waals surface area contributed by atoms with E-state index >= 15 is 0 Å². The topological polar surface area (TPSA) is 24.9 Å². The lowest BCUT2D eigenvalue weighted by atomic mass is 10.1. The van der Waals surface area contributed by atoms with E-state index < -0.39 is 0 Å². The summed E-state index contributed by atoms with van der Waals surface area (Å²) in [5, 5.41) is 5.67. The normalized spacial score (nSPS) is 18.1. The summed E-state index contributed by atoms with van der Waals surface area (Å²) in [5.74, 6) is 0.727. The van der Waals surface area contributed by atoms with Gasteiger partial charge in [-0.05, 0) is 43.4 Å². The van der Waals surface area contributed by atoms with Crippen molar-refractivity contribution in [3.63, 3.8) is 0 Å². The van der Waals surface area contributed by atoms with Crippen molar-refractivity contribution in [3.8, 4) is 0 Å². The molecule has 1 N–H and O–H groups in total. The van der Waals surface area contributed by atoms with Crippen LogP contribution in [0.5, 0.6) is 0 Å². The smallest absolute Gasteiger partial charge is 0.0975 e. The van der Waals surface area contributed by atoms with Gasteiger partial charge in [0.2, 0.25) is 0 Å². The van der Waals surface area contributed by atoms with Crippen LogP contribution in [-0.4, -0.2) is 11.0 Å². The maximum Gasteiger partial charge on any atom is 0.0975 e. The summed E-state index contributed by atoms with van der Waals surface area (Å²) in [5.41, 5.74) is 2.62. The van der Waals surface area contributed by atoms with Crippen molar-refractivity contribution in [2.24, 2.45) is 0 Å². The van der Waals surface area contributed by atoms with Gasteiger partial charge in [0, 0.05) is 34.8 Å². The summed E-state index contributed by atoms with van der Waals surface area (Å²) in [7, 11) is 0. The maximum absolute atomic E-state index is 6.07. The van der Waals surface area contributed by atoms with E-state index in [0.717, 1.165) is 29.9 Å². The molecule has 0 atom stereocenters. The minimum atomic E-state index is 0.727. The van der Waals surface area contributed by atoms with E-state index in [1.165, 1.54) is 46.8 Å². The molecule has 4 rings (SSSR count). The van der Waals surface area contributed by atoms with Crippen molar-refractivity contribution in [2.45, 2.75) is 50.6 Å². The summed E-state index contributed by atoms with van der Waals surface area (Å²) >= 11 is 7.95. The van der Waals surface area contributed by atoms with Gasteiger partial charge in [-0.3, -0.25) is 0 Å². The minimum Gasteiger partial charge on any atom is -0.309 e. The van der Waals surface area contributed by atoms with Gasteiger partial charge in [-0.15, -0.1) is 11.3 Å². The van der Waals surface area contributed by atoms with E-state index in [4.69, 9.17) is 16.6 Å². The van der Waals surface area contributed by atoms with Crippen LogP contribution in [0.3, 0.4) is 0 Å². The Balaban J connectivity index is 1.52. The SMILES string of the molecule is Clc1cccc(Cc2nc(C3CC3)c(CNC3CC3)s2)c1. The molecule has 2 saturated carbocycles. The number of rotatable bonds is 6. The molecule has 4 heteroatoms. The predicted octanol–water partition coefficient (Wildman–Crippen LogP) is 4.52. The standard InChI is InChI=1S/C17H19ClN2S/c18-13-3-1-2-11(8-13)9-16-20-17(12-4-5-12)15(21-16)10-19-14-6-7-14/h1-3,8,12,14,19H,4-7,9-10H2. The van der Waals surface area contributed by atoms with Crippen molar-refractivity contribution < 1.29 is 0 Å². The zero-order valence-corrected chi connectivity index (χ0v) is 13.5. The van der Waals surface area contributed by atoms with Gasteiger partial charge in [0.25, 0.3) is 0 Å². The molecule has 0 amide bonds. The molecule has 1 heterocycles. The molecule has 2 fully saturated rings. The summed E-state index contributed by atoms with van der Waals surface area (Å²) < 4.78 is 0. The first-order chi connectivity index (χ1) is 10.3. The lowest BCUT2D eigenvalue weighted by molar-refractivity contribution is 0.688. The van der Waals surface area contributed by atoms with Crippen LogP contribution in [0, 0.1) is 0 Å². The van der Waals surface area contributed by atoms with Gasteiger partial charge < -0.3 is 5.32 Å². The fourth-order valence-electron chi connectivity index (χ4n) is 2.64. The zero-order chi connectivity index (χ0) is 14.2. The lowest BCUT2D eigenvalue weighted by Gasteiger charge is -2.01. The Labute approximate surface area is 134 Å². The highest BCUT2D eigenvalue weighted by Crippen LogP contribution is 2.43. The van der Waals surface area contributed by atoms with Gasteiger partial charge in [0.1, 0.15) is 0 Å². The third-order valence-corrected chi connectivity index (χ3v) is 5.42. The van der Waals surface area contributed by atoms with Crippen molar-refractivity contribution in [1.82, 2.24) is 10.3 Å². The summed E-state index contributed by atoms with van der Waals surface area (Å²) in [6.45, 7) is 1.00. The first kappa shape index (κ1) is 13.7. The Kier molecular flexibility index (Phi) is 3.74. The molecule has 0 bridgehead atoms. The number of nitrogens with zero attached hydrogens (tertiary/aromatic N) is 1. The average molecular weight is 319 g/mol. The van der Waals surface area contributed by atoms with E-state index in [9.17, 15) is 0 Å². The van der Waals surface area contributed by atoms with Crippen LogP contribution in [0.1, 0.15) is 52.7 Å². The number of halogens is 1. The van der Waals surface area contributed by atoms with Gasteiger partial charge in [-0.25, -0.2) is 4.98 Å². The quantitative estimate of drug-likeness (QED) is 0.847. The number of hydrogen-bond acceptors (Lipinski definition) is 3. The molecular weight excluding hydrogens is 300 g/mol. The van der Waals surface area contributed by atoms with Crippen LogP contribution in [0.25, 0.3) is 0 Å². The molecular formula is C17H19ClN2S. The molecule has 1 aromatic carbocycles. The van der Waals surface area contributed by atoms with Gasteiger partial charge in [-0.2, -0.15) is 0 Å². The second-order valence-corrected chi connectivity index (χ2v) is 7.76. The van der Waals surface area contributed by atoms with Gasteiger partial charge in [0.15, 0.2) is 0 Å². The van der Waals surface area contributed by atoms with E-state index in [1.807, 2.05) is 29.5 Å². The van der Waals surface area contributed by atoms with Gasteiger partial charge in [-0.1, -0.05) is 23.7 Å². The predicted molar refractivity (Wildman–Crippen MR) is 88.2 cm³/mol. The molecule has 2 nitrogen and oxygen atoms in total. The summed E-state index contributed by atoms with van der Waals surface area (Å²) in [6, 6.07) is 8.88. The molecule has 2 aromatic rings. The highest BCUT2D eigenvalue weighted by Gasteiger charge is 2.30. The Morgan fingerprint density at radius 2 is 2.10 bits per heavy atom. The zero-order valence-electron chi connectivity index (χ0n) is 11.9. The molecule has 2 aliphatic rings. The Bertz CT molecular complexity index is 644. The molecule has 110 valence electrons. The van der Waals surface area contributed by atoms with Crippen molar-refractivity contribution in [1.29, 1.82) is 0 Å². The highest BCUT2D eigenvalue weighted by atomic mass is 35.5. The molecule has 0 saturated heterocycles. The monoisotopic (exact) mass is 318 g/mol. The largest absolute Gasteiger partial charge is 0.309 e. The second-order valence-electron chi connectivity index (χ2n) is 6.15. The van der Waals surface area contributed by atoms with E-state index in [0.29, 0.717) is 0 Å². The highest BCUT2D eigenvalue weighted by molar-refractivity contribution is 7.11. The Morgan fingerprint density at radius 3 is 2.81 bits per heavy atom. The van der Waals surface area contributed by atoms with Crippen LogP contribution < -0.4 is 5.32 Å². The fourth-order valence-corrected chi connectivity index (χ4v) is 3.99. The average Bonchev–Trinajstić information content (AvgIpc) is 3.37. The van der Waals surface area contributed by atoms with Crippen LogP contribution >= 0.6 is 22.9 Å². The lowest BCUT2D eigenvalue weighted by Crippen LogP contribution is -2.15. The van der Waals surface area contributed by atoms with E-state index in [-0.39, 0.29) is 0 Å². The molecule has 21 heavy (non-hydrogen) atoms. The third-order valence-electron chi connectivity index (χ3n) is 4.11. The number of aromatic nitrogens is 1. The summed E-state index contributed by atoms with van der Waals surface area (Å²) in [4.78, 5) is 6.39. The molecule has 2 aliphatic carbocycles. The number of benzene rings is 1. The summed E-state index contributed by atoms with van der Waals surface area (Å²) in [6.07, 6.45) is 6.21. The molecule has 1 aromatic heterocycles. The number of nitrogens with one attached hydrogen (secondary N) is 1. The Morgan fingerprint density at radius 1 is 1.24 bits per heavy atom. The van der Waals surface area contributed by atoms with Crippen LogP contribution in [0.2, 0.25) is 5.02 Å². The van der Waals surface area contributed by atoms with E-state index in [1.54, 1.807) is 0 Å². The molecule has 0 unspecified atom stereocenters. The van der Waals surface area contributed by atoms with Crippen molar-refractivity contribution in [2.75, 3.05) is 0 Å². The molecule has 0 aliphatic heterocycles. The van der Waals surface area contributed by atoms with Crippen molar-refractivity contribution in [3.05, 3.63) is 50.4 Å². The van der Waals surface area contributed by atoms with Crippen molar-refractivity contribution >= 4 is 22.9 Å². The van der Waals surface area contributed by atoms with Crippen LogP contribution in [0.15, 0.2) is 24.3 Å². The van der Waals surface area contributed by atoms with Gasteiger partial charge >= 0.3 is 0 Å². The first-order valence-corrected chi connectivity index (χ1v) is 8.93. The van der Waals surface area contributed by atoms with E-state index in [2.05, 4.69) is 11.4 Å². The van der Waals surface area contributed by atoms with Crippen LogP contribution in [-0.2, 0) is 13.0 Å². The van der Waals surface area contributed by atoms with Gasteiger partial charge in [0.05, 0.1) is 10.7 Å². The molecule has 0 spiro atoms. The molecule has 0 radical (unpaired) electrons. The fraction of sp³-hybridized carbons (Fsp3) is 0.471. The first-order valence-electron chi connectivity index (χ1n) is 7.74. The third kappa shape index (κ3) is 3.47. The minimum absolute atomic E-state index is 0.727. The Hall–Kier alpha value is -0.900.